The molecule has 120 heavy (non-hydrogen) atoms. The molecule has 0 unspecified atom stereocenters. The molecule has 0 fully saturated rings. The summed E-state index contributed by atoms with van der Waals surface area (Å²) in [5, 5.41) is 14.4. The summed E-state index contributed by atoms with van der Waals surface area (Å²) in [6.45, 7) is 5.80. The van der Waals surface area contributed by atoms with Gasteiger partial charge in [0.2, 0.25) is 0 Å². The molecular formula is C93H75ClF2N12O12. The van der Waals surface area contributed by atoms with Gasteiger partial charge < -0.3 is 59.7 Å². The molecule has 0 bridgehead atoms. The molecule has 0 radical (unpaired) electrons. The van der Waals surface area contributed by atoms with Gasteiger partial charge in [0, 0.05) is 123 Å². The first-order chi connectivity index (χ1) is 58.3. The fraction of sp³-hybridized carbons (Fsp3) is 0.0538. The molecule has 0 aliphatic heterocycles. The van der Waals surface area contributed by atoms with Crippen LogP contribution in [0, 0.1) is 32.4 Å². The van der Waals surface area contributed by atoms with Crippen molar-refractivity contribution in [2.24, 2.45) is 0 Å². The summed E-state index contributed by atoms with van der Waals surface area (Å²) >= 11 is 5.89. The Morgan fingerprint density at radius 2 is 0.558 bits per heavy atom. The largest absolute Gasteiger partial charge is 0.497 e. The van der Waals surface area contributed by atoms with Crippen LogP contribution in [0.25, 0.3) is 0 Å². The van der Waals surface area contributed by atoms with Crippen molar-refractivity contribution in [2.45, 2.75) is 20.8 Å². The summed E-state index contributed by atoms with van der Waals surface area (Å²) in [5.74, 6) is 3.73. The summed E-state index contributed by atoms with van der Waals surface area (Å²) in [4.78, 5) is 88.7. The van der Waals surface area contributed by atoms with Gasteiger partial charge in [-0.15, -0.1) is 0 Å². The summed E-state index contributed by atoms with van der Waals surface area (Å²) in [6.07, 6.45) is 18.3. The Morgan fingerprint density at radius 3 is 0.900 bits per heavy atom. The smallest absolute Gasteiger partial charge is 0.255 e. The van der Waals surface area contributed by atoms with Gasteiger partial charge in [0.25, 0.3) is 29.5 Å². The third-order valence-corrected chi connectivity index (χ3v) is 16.4. The highest BCUT2D eigenvalue weighted by Gasteiger charge is 2.16. The molecule has 600 valence electrons. The third-order valence-electron chi connectivity index (χ3n) is 16.2. The van der Waals surface area contributed by atoms with Crippen molar-refractivity contribution in [3.8, 4) is 69.0 Å². The number of rotatable bonds is 22. The summed E-state index contributed by atoms with van der Waals surface area (Å²) in [7, 11) is 3.08. The van der Waals surface area contributed by atoms with Crippen LogP contribution in [-0.2, 0) is 0 Å². The average Bonchev–Trinajstić information content (AvgIpc) is 0.938. The third kappa shape index (κ3) is 27.6. The van der Waals surface area contributed by atoms with Crippen LogP contribution in [0.1, 0.15) is 68.5 Å². The van der Waals surface area contributed by atoms with Crippen LogP contribution in [0.5, 0.6) is 69.0 Å². The molecule has 0 aliphatic carbocycles. The lowest BCUT2D eigenvalue weighted by Crippen LogP contribution is -2.12. The maximum atomic E-state index is 13.8. The zero-order valence-electron chi connectivity index (χ0n) is 64.9. The average molecular weight is 1630 g/mol. The normalized spacial score (nSPS) is 10.2. The SMILES string of the molecule is COc1cccc(C(=O)Nc2cc(F)cc(Oc3cncnc3)c2)c1.COc1cccc(C(=O)Nc2cccc(Oc3cccnc3)c2)c1.Cc1cccc(C(=O)Nc2cc(F)cc(Oc3cncnc3)c2)c1.Cc1cccc(C(=O)Nc2cccc(Oc3cccnc3)c2)c1.Cc1cccc(C(=O)Nc2cccc(Oc3cncc(Cl)c3)c2)c1. The van der Waals surface area contributed by atoms with Gasteiger partial charge in [0.15, 0.2) is 11.5 Å². The summed E-state index contributed by atoms with van der Waals surface area (Å²) < 4.78 is 65.9. The molecule has 5 N–H and O–H groups in total. The van der Waals surface area contributed by atoms with Crippen molar-refractivity contribution < 1.29 is 65.9 Å². The van der Waals surface area contributed by atoms with Crippen LogP contribution >= 0.6 is 11.6 Å². The molecule has 10 aromatic carbocycles. The molecule has 5 amide bonds. The minimum absolute atomic E-state index is 0.146. The summed E-state index contributed by atoms with van der Waals surface area (Å²) in [5.41, 5.74) is 8.23. The highest BCUT2D eigenvalue weighted by atomic mass is 35.5. The van der Waals surface area contributed by atoms with Gasteiger partial charge >= 0.3 is 0 Å². The van der Waals surface area contributed by atoms with Crippen molar-refractivity contribution in [1.29, 1.82) is 0 Å². The highest BCUT2D eigenvalue weighted by molar-refractivity contribution is 6.30. The molecule has 0 spiro atoms. The first-order valence-electron chi connectivity index (χ1n) is 36.6. The standard InChI is InChI=1S/C19H15ClN2O2.C19H16N2O3.C19H16N2O2.C18H14FN3O3.C18H14FN3O2/c1-13-4-2-5-14(8-13)19(23)22-16-6-3-7-17(10-16)24-18-9-15(20)11-21-12-18;1-23-16-7-2-5-14(11-16)19(22)21-15-6-3-8-17(12-15)24-18-9-4-10-20-13-18;1-14-5-2-6-15(11-14)19(22)21-16-7-3-8-17(12-16)23-18-9-4-10-20-13-18;1-24-15-4-2-3-12(5-15)18(23)22-14-6-13(19)7-16(8-14)25-17-9-20-11-21-10-17;1-12-3-2-4-13(5-12)18(23)22-15-6-14(19)7-16(8-15)24-17-9-20-11-21-10-17/h2-12H,1H3,(H,22,23);2-13H,1H3,(H,21,22);2-13H,1H3,(H,21,22);2-11H,1H3,(H,22,23);2-11H,1H3,(H,22,23). The van der Waals surface area contributed by atoms with Gasteiger partial charge in [0.05, 0.1) is 62.6 Å². The van der Waals surface area contributed by atoms with Crippen LogP contribution in [-0.4, -0.2) is 78.6 Å². The number of aromatic nitrogens is 7. The Bertz CT molecular complexity index is 5970. The van der Waals surface area contributed by atoms with Crippen LogP contribution in [0.15, 0.2) is 335 Å². The van der Waals surface area contributed by atoms with Crippen LogP contribution in [0.4, 0.5) is 37.2 Å². The van der Waals surface area contributed by atoms with E-state index in [0.29, 0.717) is 113 Å². The molecule has 0 aliphatic rings. The predicted molar refractivity (Wildman–Crippen MR) is 454 cm³/mol. The maximum absolute atomic E-state index is 13.8. The van der Waals surface area contributed by atoms with E-state index in [2.05, 4.69) is 61.5 Å². The number of aryl methyl sites for hydroxylation is 3. The Kier molecular flexibility index (Phi) is 30.7. The number of methoxy groups -OCH3 is 2. The minimum atomic E-state index is -0.546. The fourth-order valence-electron chi connectivity index (χ4n) is 10.8. The Balaban J connectivity index is 0.000000147. The number of nitrogens with one attached hydrogen (secondary N) is 5. The maximum Gasteiger partial charge on any atom is 0.255 e. The number of anilines is 5. The van der Waals surface area contributed by atoms with Gasteiger partial charge in [-0.05, 0) is 166 Å². The second-order valence-corrected chi connectivity index (χ2v) is 26.1. The van der Waals surface area contributed by atoms with Crippen molar-refractivity contribution >= 4 is 69.6 Å². The number of carbonyl (C=O) groups excluding carboxylic acids is 5. The number of carbonyl (C=O) groups is 5. The first kappa shape index (κ1) is 84.8. The van der Waals surface area contributed by atoms with Crippen molar-refractivity contribution in [1.82, 2.24) is 34.9 Å². The Labute approximate surface area is 693 Å². The number of nitrogens with zero attached hydrogens (tertiary/aromatic N) is 7. The van der Waals surface area contributed by atoms with E-state index in [9.17, 15) is 32.8 Å². The zero-order chi connectivity index (χ0) is 84.4. The van der Waals surface area contributed by atoms with E-state index in [4.69, 9.17) is 44.8 Å². The molecule has 5 heterocycles. The lowest BCUT2D eigenvalue weighted by Gasteiger charge is -2.10. The number of pyridine rings is 3. The van der Waals surface area contributed by atoms with Gasteiger partial charge in [-0.1, -0.05) is 95.0 Å². The van der Waals surface area contributed by atoms with E-state index in [1.54, 1.807) is 178 Å². The molecule has 27 heteroatoms. The minimum Gasteiger partial charge on any atom is -0.497 e. The molecule has 15 aromatic rings. The Hall–Kier alpha value is -16.1. The topological polar surface area (TPSA) is 300 Å². The number of ether oxygens (including phenoxy) is 7. The fourth-order valence-corrected chi connectivity index (χ4v) is 11.0. The second-order valence-electron chi connectivity index (χ2n) is 25.7. The van der Waals surface area contributed by atoms with E-state index >= 15 is 0 Å². The number of hydrogen-bond donors (Lipinski definition) is 5. The number of halogens is 3. The molecule has 24 nitrogen and oxygen atoms in total. The molecule has 5 aromatic heterocycles. The molecule has 0 atom stereocenters. The number of amides is 5. The van der Waals surface area contributed by atoms with Crippen molar-refractivity contribution in [3.05, 3.63) is 397 Å². The summed E-state index contributed by atoms with van der Waals surface area (Å²) in [6, 6.07) is 74.0. The van der Waals surface area contributed by atoms with Gasteiger partial charge in [-0.25, -0.2) is 28.7 Å². The van der Waals surface area contributed by atoms with Crippen LogP contribution < -0.4 is 59.7 Å². The first-order valence-corrected chi connectivity index (χ1v) is 36.9. The monoisotopic (exact) mass is 1620 g/mol. The van der Waals surface area contributed by atoms with Crippen molar-refractivity contribution in [2.75, 3.05) is 40.8 Å². The van der Waals surface area contributed by atoms with E-state index in [0.717, 1.165) is 16.7 Å². The Morgan fingerprint density at radius 1 is 0.267 bits per heavy atom. The second kappa shape index (κ2) is 43.4. The lowest BCUT2D eigenvalue weighted by molar-refractivity contribution is 0.101. The van der Waals surface area contributed by atoms with Crippen molar-refractivity contribution in [3.63, 3.8) is 0 Å². The zero-order valence-corrected chi connectivity index (χ0v) is 65.7. The molecule has 0 saturated heterocycles. The molecular weight excluding hydrogens is 1550 g/mol. The van der Waals surface area contributed by atoms with E-state index in [1.807, 2.05) is 106 Å². The van der Waals surface area contributed by atoms with Crippen LogP contribution in [0.3, 0.4) is 0 Å². The van der Waals surface area contributed by atoms with Gasteiger partial charge in [-0.3, -0.25) is 38.9 Å². The van der Waals surface area contributed by atoms with Gasteiger partial charge in [-0.2, -0.15) is 0 Å². The van der Waals surface area contributed by atoms with Gasteiger partial charge in [0.1, 0.15) is 81.8 Å². The highest BCUT2D eigenvalue weighted by Crippen LogP contribution is 2.31. The van der Waals surface area contributed by atoms with E-state index in [1.165, 1.54) is 87.1 Å². The lowest BCUT2D eigenvalue weighted by atomic mass is 10.1. The van der Waals surface area contributed by atoms with Crippen LogP contribution in [0.2, 0.25) is 5.02 Å². The number of hydrogen-bond acceptors (Lipinski definition) is 19. The quantitative estimate of drug-likeness (QED) is 0.0421. The van der Waals surface area contributed by atoms with E-state index in [-0.39, 0.29) is 40.8 Å². The predicted octanol–water partition coefficient (Wildman–Crippen LogP) is 21.3. The van der Waals surface area contributed by atoms with E-state index < -0.39 is 17.5 Å². The molecule has 15 rings (SSSR count). The molecule has 0 saturated carbocycles. The number of benzene rings is 10.